The Balaban J connectivity index is 1.92. The van der Waals surface area contributed by atoms with Crippen LogP contribution in [0.25, 0.3) is 0 Å². The van der Waals surface area contributed by atoms with E-state index in [0.29, 0.717) is 29.7 Å². The second-order valence-electron chi connectivity index (χ2n) is 6.10. The number of aryl methyl sites for hydroxylation is 1. The molecule has 1 aliphatic heterocycles. The van der Waals surface area contributed by atoms with Crippen molar-refractivity contribution in [3.8, 4) is 11.5 Å². The Kier molecular flexibility index (Phi) is 8.06. The van der Waals surface area contributed by atoms with E-state index in [0.717, 1.165) is 21.2 Å². The summed E-state index contributed by atoms with van der Waals surface area (Å²) in [6.45, 7) is 4.22. The number of methoxy groups -OCH3 is 2. The van der Waals surface area contributed by atoms with Gasteiger partial charge in [-0.1, -0.05) is 6.07 Å². The van der Waals surface area contributed by atoms with Crippen molar-refractivity contribution in [2.24, 2.45) is 10.2 Å². The first kappa shape index (κ1) is 22.5. The van der Waals surface area contributed by atoms with E-state index in [4.69, 9.17) is 14.2 Å². The summed E-state index contributed by atoms with van der Waals surface area (Å²) in [5.41, 5.74) is 1.93. The maximum absolute atomic E-state index is 11.6. The van der Waals surface area contributed by atoms with Gasteiger partial charge in [-0.25, -0.2) is 0 Å². The van der Waals surface area contributed by atoms with Crippen LogP contribution in [0.4, 0.5) is 5.69 Å². The van der Waals surface area contributed by atoms with E-state index >= 15 is 0 Å². The van der Waals surface area contributed by atoms with Gasteiger partial charge in [0, 0.05) is 17.7 Å². The molecule has 1 aromatic carbocycles. The van der Waals surface area contributed by atoms with Crippen molar-refractivity contribution in [1.29, 1.82) is 0 Å². The molecule has 0 N–H and O–H groups in total. The van der Waals surface area contributed by atoms with E-state index in [1.165, 1.54) is 23.7 Å². The van der Waals surface area contributed by atoms with E-state index in [-0.39, 0.29) is 11.7 Å². The number of anilines is 1. The van der Waals surface area contributed by atoms with Gasteiger partial charge in [-0.15, -0.1) is 33.3 Å². The molecule has 3 rings (SSSR count). The second kappa shape index (κ2) is 10.7. The van der Waals surface area contributed by atoms with Crippen LogP contribution in [-0.4, -0.2) is 49.2 Å². The Morgan fingerprint density at radius 2 is 1.93 bits per heavy atom. The first-order valence-electron chi connectivity index (χ1n) is 9.19. The highest BCUT2D eigenvalue weighted by Gasteiger charge is 2.29. The zero-order valence-electron chi connectivity index (χ0n) is 17.2. The predicted octanol–water partition coefficient (Wildman–Crippen LogP) is 4.60. The Labute approximate surface area is 188 Å². The van der Waals surface area contributed by atoms with Crippen molar-refractivity contribution < 1.29 is 19.0 Å². The van der Waals surface area contributed by atoms with Crippen LogP contribution in [0, 0.1) is 6.92 Å². The molecule has 160 valence electrons. The van der Waals surface area contributed by atoms with Crippen LogP contribution >= 0.6 is 35.0 Å². The number of esters is 1. The molecule has 30 heavy (non-hydrogen) atoms. The van der Waals surface area contributed by atoms with Crippen LogP contribution in [0.15, 0.2) is 39.8 Å². The molecule has 2 aromatic rings. The van der Waals surface area contributed by atoms with Gasteiger partial charge < -0.3 is 14.2 Å². The molecule has 1 aromatic heterocycles. The summed E-state index contributed by atoms with van der Waals surface area (Å²) >= 11 is 4.50. The second-order valence-corrected chi connectivity index (χ2v) is 9.02. The maximum atomic E-state index is 11.6. The Hall–Kier alpha value is -2.17. The third-order valence-electron chi connectivity index (χ3n) is 3.95. The lowest BCUT2D eigenvalue weighted by Gasteiger charge is -2.29. The molecular weight excluding hydrogens is 442 g/mol. The van der Waals surface area contributed by atoms with Crippen LogP contribution in [-0.2, 0) is 9.53 Å². The van der Waals surface area contributed by atoms with Crippen molar-refractivity contribution in [3.05, 3.63) is 40.1 Å². The predicted molar refractivity (Wildman–Crippen MR) is 127 cm³/mol. The Morgan fingerprint density at radius 3 is 2.53 bits per heavy atom. The highest BCUT2D eigenvalue weighted by atomic mass is 32.2. The lowest BCUT2D eigenvalue weighted by atomic mass is 10.2. The first-order valence-corrected chi connectivity index (χ1v) is 12.0. The number of nitrogens with zero attached hydrogens (tertiary/aromatic N) is 3. The average molecular weight is 466 g/mol. The standard InChI is InChI=1S/C20H23N3O4S3/c1-5-27-18(24)12-28-11-17-21-22-20(16-9-13(2)10-29-16)23(30-17)19-14(25-3)7-6-8-15(19)26-4/h6-10H,5,11-12H2,1-4H3. The van der Waals surface area contributed by atoms with Gasteiger partial charge in [0.2, 0.25) is 0 Å². The van der Waals surface area contributed by atoms with E-state index < -0.39 is 0 Å². The molecule has 0 fully saturated rings. The van der Waals surface area contributed by atoms with Crippen LogP contribution in [0.1, 0.15) is 17.4 Å². The fourth-order valence-corrected chi connectivity index (χ4v) is 5.43. The van der Waals surface area contributed by atoms with Gasteiger partial charge in [0.05, 0.1) is 31.5 Å². The summed E-state index contributed by atoms with van der Waals surface area (Å²) in [5.74, 6) is 2.63. The lowest BCUT2D eigenvalue weighted by molar-refractivity contribution is -0.139. The van der Waals surface area contributed by atoms with Gasteiger partial charge in [-0.05, 0) is 43.0 Å². The van der Waals surface area contributed by atoms with Crippen molar-refractivity contribution >= 4 is 57.6 Å². The molecule has 0 bridgehead atoms. The number of ether oxygens (including phenoxy) is 3. The largest absolute Gasteiger partial charge is 0.494 e. The average Bonchev–Trinajstić information content (AvgIpc) is 3.19. The van der Waals surface area contributed by atoms with Gasteiger partial charge >= 0.3 is 5.97 Å². The molecule has 7 nitrogen and oxygen atoms in total. The number of hydrogen-bond acceptors (Lipinski definition) is 10. The molecule has 0 unspecified atom stereocenters. The monoisotopic (exact) mass is 465 g/mol. The smallest absolute Gasteiger partial charge is 0.315 e. The summed E-state index contributed by atoms with van der Waals surface area (Å²) in [7, 11) is 3.26. The van der Waals surface area contributed by atoms with Gasteiger partial charge in [-0.2, -0.15) is 0 Å². The number of benzene rings is 1. The number of thiophene rings is 1. The Morgan fingerprint density at radius 1 is 1.20 bits per heavy atom. The zero-order valence-corrected chi connectivity index (χ0v) is 19.7. The zero-order chi connectivity index (χ0) is 21.5. The summed E-state index contributed by atoms with van der Waals surface area (Å²) in [4.78, 5) is 12.6. The first-order chi connectivity index (χ1) is 14.6. The molecule has 0 amide bonds. The number of carbonyl (C=O) groups excluding carboxylic acids is 1. The highest BCUT2D eigenvalue weighted by molar-refractivity contribution is 8.17. The topological polar surface area (TPSA) is 72.7 Å². The lowest BCUT2D eigenvalue weighted by Crippen LogP contribution is -2.30. The van der Waals surface area contributed by atoms with E-state index in [2.05, 4.69) is 21.6 Å². The van der Waals surface area contributed by atoms with Crippen molar-refractivity contribution in [2.45, 2.75) is 13.8 Å². The molecule has 2 heterocycles. The van der Waals surface area contributed by atoms with Gasteiger partial charge in [0.25, 0.3) is 0 Å². The number of para-hydroxylation sites is 1. The summed E-state index contributed by atoms with van der Waals surface area (Å²) in [6, 6.07) is 7.73. The number of amidine groups is 1. The molecule has 0 spiro atoms. The fourth-order valence-electron chi connectivity index (χ4n) is 2.67. The minimum atomic E-state index is -0.231. The third kappa shape index (κ3) is 5.30. The van der Waals surface area contributed by atoms with Crippen LogP contribution in [0.3, 0.4) is 0 Å². The van der Waals surface area contributed by atoms with Gasteiger partial charge in [0.15, 0.2) is 5.84 Å². The normalized spacial score (nSPS) is 13.5. The van der Waals surface area contributed by atoms with E-state index in [1.54, 1.807) is 32.5 Å². The summed E-state index contributed by atoms with van der Waals surface area (Å²) in [6.07, 6.45) is 0. The van der Waals surface area contributed by atoms with Gasteiger partial charge in [0.1, 0.15) is 22.2 Å². The molecule has 0 atom stereocenters. The van der Waals surface area contributed by atoms with Crippen molar-refractivity contribution in [1.82, 2.24) is 0 Å². The fraction of sp³-hybridized carbons (Fsp3) is 0.350. The number of thioether (sulfide) groups is 1. The minimum absolute atomic E-state index is 0.231. The van der Waals surface area contributed by atoms with Crippen LogP contribution < -0.4 is 13.8 Å². The number of carbonyl (C=O) groups is 1. The van der Waals surface area contributed by atoms with Crippen molar-refractivity contribution in [3.63, 3.8) is 0 Å². The Bertz CT molecular complexity index is 936. The van der Waals surface area contributed by atoms with E-state index in [9.17, 15) is 4.79 Å². The third-order valence-corrected chi connectivity index (χ3v) is 7.07. The molecule has 10 heteroatoms. The summed E-state index contributed by atoms with van der Waals surface area (Å²) < 4.78 is 18.2. The molecule has 0 saturated heterocycles. The SMILES string of the molecule is CCOC(=O)CSCC1=NN=C(c2cc(C)cs2)N(c2c(OC)cccc2OC)S1. The number of hydrogen-bond donors (Lipinski definition) is 0. The van der Waals surface area contributed by atoms with Crippen molar-refractivity contribution in [2.75, 3.05) is 36.6 Å². The van der Waals surface area contributed by atoms with Gasteiger partial charge in [-0.3, -0.25) is 9.10 Å². The highest BCUT2D eigenvalue weighted by Crippen LogP contribution is 2.43. The van der Waals surface area contributed by atoms with E-state index in [1.807, 2.05) is 29.4 Å². The quantitative estimate of drug-likeness (QED) is 0.396. The van der Waals surface area contributed by atoms with Crippen LogP contribution in [0.5, 0.6) is 11.5 Å². The maximum Gasteiger partial charge on any atom is 0.315 e. The minimum Gasteiger partial charge on any atom is -0.494 e. The molecule has 0 saturated carbocycles. The molecule has 0 radical (unpaired) electrons. The molecular formula is C20H23N3O4S3. The molecule has 1 aliphatic rings. The summed E-state index contributed by atoms with van der Waals surface area (Å²) in [5, 5.41) is 11.8. The molecule has 0 aliphatic carbocycles. The number of rotatable bonds is 9. The van der Waals surface area contributed by atoms with Crippen LogP contribution in [0.2, 0.25) is 0 Å².